The Morgan fingerprint density at radius 3 is 3.00 bits per heavy atom. The fourth-order valence-corrected chi connectivity index (χ4v) is 2.07. The first-order valence-electron chi connectivity index (χ1n) is 5.67. The second-order valence-electron chi connectivity index (χ2n) is 4.07. The van der Waals surface area contributed by atoms with Crippen LogP contribution in [0.4, 0.5) is 0 Å². The minimum atomic E-state index is 0.489. The van der Waals surface area contributed by atoms with Crippen molar-refractivity contribution in [3.05, 3.63) is 28.2 Å². The van der Waals surface area contributed by atoms with E-state index in [-0.39, 0.29) is 0 Å². The molecule has 0 saturated carbocycles. The van der Waals surface area contributed by atoms with Crippen molar-refractivity contribution < 1.29 is 0 Å². The maximum atomic E-state index is 5.69. The molecule has 5 heteroatoms. The highest BCUT2D eigenvalue weighted by Gasteiger charge is 1.98. The molecule has 0 spiro atoms. The van der Waals surface area contributed by atoms with Crippen LogP contribution in [-0.4, -0.2) is 24.0 Å². The van der Waals surface area contributed by atoms with Crippen molar-refractivity contribution in [3.8, 4) is 0 Å². The SMILES string of the molecule is C=C(C)CN=C(N)NCCCc1nc(C)cs1. The van der Waals surface area contributed by atoms with Crippen LogP contribution in [0.25, 0.3) is 0 Å². The molecule has 0 aliphatic carbocycles. The lowest BCUT2D eigenvalue weighted by Crippen LogP contribution is -2.32. The molecular formula is C12H20N4S. The van der Waals surface area contributed by atoms with E-state index in [0.29, 0.717) is 12.5 Å². The highest BCUT2D eigenvalue weighted by molar-refractivity contribution is 7.09. The molecule has 4 nitrogen and oxygen atoms in total. The Bertz CT molecular complexity index is 395. The number of aliphatic imine (C=N–C) groups is 1. The second-order valence-corrected chi connectivity index (χ2v) is 5.01. The Morgan fingerprint density at radius 2 is 2.41 bits per heavy atom. The minimum Gasteiger partial charge on any atom is -0.370 e. The van der Waals surface area contributed by atoms with Gasteiger partial charge in [0, 0.05) is 24.0 Å². The normalized spacial score (nSPS) is 11.5. The molecule has 17 heavy (non-hydrogen) atoms. The second kappa shape index (κ2) is 7.06. The summed E-state index contributed by atoms with van der Waals surface area (Å²) in [6.07, 6.45) is 2.00. The van der Waals surface area contributed by atoms with Crippen LogP contribution in [0.1, 0.15) is 24.0 Å². The number of rotatable bonds is 6. The van der Waals surface area contributed by atoms with Gasteiger partial charge in [-0.3, -0.25) is 0 Å². The van der Waals surface area contributed by atoms with E-state index >= 15 is 0 Å². The summed E-state index contributed by atoms with van der Waals surface area (Å²) in [6.45, 7) is 9.13. The van der Waals surface area contributed by atoms with E-state index in [9.17, 15) is 0 Å². The lowest BCUT2D eigenvalue weighted by atomic mass is 10.3. The molecule has 0 amide bonds. The Morgan fingerprint density at radius 1 is 1.65 bits per heavy atom. The van der Waals surface area contributed by atoms with Gasteiger partial charge in [0.1, 0.15) is 0 Å². The van der Waals surface area contributed by atoms with Crippen LogP contribution in [0.5, 0.6) is 0 Å². The summed E-state index contributed by atoms with van der Waals surface area (Å²) in [7, 11) is 0. The molecule has 94 valence electrons. The number of aromatic nitrogens is 1. The molecule has 0 fully saturated rings. The molecule has 0 radical (unpaired) electrons. The molecular weight excluding hydrogens is 232 g/mol. The summed E-state index contributed by atoms with van der Waals surface area (Å²) >= 11 is 1.71. The summed E-state index contributed by atoms with van der Waals surface area (Å²) in [4.78, 5) is 8.55. The van der Waals surface area contributed by atoms with Gasteiger partial charge in [-0.2, -0.15) is 0 Å². The molecule has 0 aliphatic rings. The fraction of sp³-hybridized carbons (Fsp3) is 0.500. The third-order valence-corrected chi connectivity index (χ3v) is 3.09. The first kappa shape index (κ1) is 13.7. The molecule has 1 aromatic rings. The molecule has 1 rings (SSSR count). The molecule has 1 aromatic heterocycles. The number of hydrogen-bond acceptors (Lipinski definition) is 3. The third-order valence-electron chi connectivity index (χ3n) is 2.06. The summed E-state index contributed by atoms with van der Waals surface area (Å²) in [6, 6.07) is 0. The topological polar surface area (TPSA) is 63.3 Å². The van der Waals surface area contributed by atoms with Crippen molar-refractivity contribution >= 4 is 17.3 Å². The Kier molecular flexibility index (Phi) is 5.69. The monoisotopic (exact) mass is 252 g/mol. The van der Waals surface area contributed by atoms with Gasteiger partial charge in [-0.15, -0.1) is 11.3 Å². The molecule has 0 unspecified atom stereocenters. The van der Waals surface area contributed by atoms with Crippen molar-refractivity contribution in [3.63, 3.8) is 0 Å². The van der Waals surface area contributed by atoms with Gasteiger partial charge in [0.15, 0.2) is 5.96 Å². The molecule has 0 bridgehead atoms. The number of nitrogens with two attached hydrogens (primary N) is 1. The number of guanidine groups is 1. The van der Waals surface area contributed by atoms with Gasteiger partial charge in [-0.1, -0.05) is 12.2 Å². The maximum Gasteiger partial charge on any atom is 0.188 e. The Labute approximate surface area is 107 Å². The van der Waals surface area contributed by atoms with E-state index < -0.39 is 0 Å². The molecule has 0 aliphatic heterocycles. The average Bonchev–Trinajstić information content (AvgIpc) is 2.68. The van der Waals surface area contributed by atoms with Crippen molar-refractivity contribution in [1.29, 1.82) is 0 Å². The number of nitrogens with one attached hydrogen (secondary N) is 1. The average molecular weight is 252 g/mol. The van der Waals surface area contributed by atoms with Gasteiger partial charge in [0.25, 0.3) is 0 Å². The highest BCUT2D eigenvalue weighted by atomic mass is 32.1. The van der Waals surface area contributed by atoms with Crippen LogP contribution in [-0.2, 0) is 6.42 Å². The zero-order valence-corrected chi connectivity index (χ0v) is 11.3. The van der Waals surface area contributed by atoms with E-state index in [1.165, 1.54) is 5.01 Å². The van der Waals surface area contributed by atoms with Crippen LogP contribution in [0.15, 0.2) is 22.5 Å². The summed E-state index contributed by atoms with van der Waals surface area (Å²) in [5, 5.41) is 6.34. The molecule has 0 atom stereocenters. The van der Waals surface area contributed by atoms with E-state index in [1.807, 2.05) is 13.8 Å². The minimum absolute atomic E-state index is 0.489. The van der Waals surface area contributed by atoms with Gasteiger partial charge >= 0.3 is 0 Å². The van der Waals surface area contributed by atoms with Gasteiger partial charge in [-0.25, -0.2) is 9.98 Å². The summed E-state index contributed by atoms with van der Waals surface area (Å²) in [5.41, 5.74) is 7.80. The molecule has 0 aromatic carbocycles. The lowest BCUT2D eigenvalue weighted by molar-refractivity contribution is 0.762. The smallest absolute Gasteiger partial charge is 0.188 e. The van der Waals surface area contributed by atoms with E-state index in [1.54, 1.807) is 11.3 Å². The first-order chi connectivity index (χ1) is 8.08. The Balaban J connectivity index is 2.15. The van der Waals surface area contributed by atoms with E-state index in [2.05, 4.69) is 27.3 Å². The Hall–Kier alpha value is -1.36. The molecule has 3 N–H and O–H groups in total. The van der Waals surface area contributed by atoms with Crippen molar-refractivity contribution in [2.45, 2.75) is 26.7 Å². The predicted molar refractivity (Wildman–Crippen MR) is 74.5 cm³/mol. The number of hydrogen-bond donors (Lipinski definition) is 2. The highest BCUT2D eigenvalue weighted by Crippen LogP contribution is 2.10. The standard InChI is InChI=1S/C12H20N4S/c1-9(2)7-15-12(13)14-6-4-5-11-16-10(3)8-17-11/h8H,1,4-7H2,2-3H3,(H3,13,14,15). The van der Waals surface area contributed by atoms with Gasteiger partial charge < -0.3 is 11.1 Å². The molecule has 0 saturated heterocycles. The van der Waals surface area contributed by atoms with Gasteiger partial charge in [-0.05, 0) is 20.3 Å². The van der Waals surface area contributed by atoms with Crippen LogP contribution >= 0.6 is 11.3 Å². The third kappa shape index (κ3) is 6.06. The van der Waals surface area contributed by atoms with Crippen LogP contribution < -0.4 is 11.1 Å². The maximum absolute atomic E-state index is 5.69. The van der Waals surface area contributed by atoms with Gasteiger partial charge in [0.05, 0.1) is 11.6 Å². The fourth-order valence-electron chi connectivity index (χ4n) is 1.25. The van der Waals surface area contributed by atoms with Crippen molar-refractivity contribution in [2.24, 2.45) is 10.7 Å². The summed E-state index contributed by atoms with van der Waals surface area (Å²) < 4.78 is 0. The first-order valence-corrected chi connectivity index (χ1v) is 6.55. The van der Waals surface area contributed by atoms with Crippen LogP contribution in [0.2, 0.25) is 0 Å². The van der Waals surface area contributed by atoms with Crippen molar-refractivity contribution in [1.82, 2.24) is 10.3 Å². The quantitative estimate of drug-likeness (QED) is 0.351. The van der Waals surface area contributed by atoms with Gasteiger partial charge in [0.2, 0.25) is 0 Å². The summed E-state index contributed by atoms with van der Waals surface area (Å²) in [5.74, 6) is 0.489. The zero-order valence-electron chi connectivity index (χ0n) is 10.5. The zero-order chi connectivity index (χ0) is 12.7. The van der Waals surface area contributed by atoms with E-state index in [0.717, 1.165) is 30.7 Å². The number of nitrogens with zero attached hydrogens (tertiary/aromatic N) is 2. The largest absolute Gasteiger partial charge is 0.370 e. The van der Waals surface area contributed by atoms with Crippen LogP contribution in [0, 0.1) is 6.92 Å². The number of thiazole rings is 1. The van der Waals surface area contributed by atoms with Crippen molar-refractivity contribution in [2.75, 3.05) is 13.1 Å². The van der Waals surface area contributed by atoms with Crippen LogP contribution in [0.3, 0.4) is 0 Å². The number of aryl methyl sites for hydroxylation is 2. The van der Waals surface area contributed by atoms with E-state index in [4.69, 9.17) is 5.73 Å². The predicted octanol–water partition coefficient (Wildman–Crippen LogP) is 1.86. The molecule has 1 heterocycles. The lowest BCUT2D eigenvalue weighted by Gasteiger charge is -2.04.